The van der Waals surface area contributed by atoms with E-state index in [-0.39, 0.29) is 23.2 Å². The molecule has 4 aromatic rings. The Morgan fingerprint density at radius 1 is 1.07 bits per heavy atom. The lowest BCUT2D eigenvalue weighted by atomic mass is 10.1. The van der Waals surface area contributed by atoms with Crippen molar-refractivity contribution in [1.82, 2.24) is 10.2 Å². The Balaban J connectivity index is 1.41. The van der Waals surface area contributed by atoms with E-state index < -0.39 is 0 Å². The fourth-order valence-electron chi connectivity index (χ4n) is 2.70. The quantitative estimate of drug-likeness (QED) is 0.279. The van der Waals surface area contributed by atoms with Crippen LogP contribution < -0.4 is 5.32 Å². The third-order valence-corrected chi connectivity index (χ3v) is 6.07. The van der Waals surface area contributed by atoms with Crippen molar-refractivity contribution >= 4 is 50.9 Å². The summed E-state index contributed by atoms with van der Waals surface area (Å²) in [5.74, 6) is 0.158. The van der Waals surface area contributed by atoms with E-state index in [1.54, 1.807) is 12.1 Å². The van der Waals surface area contributed by atoms with Gasteiger partial charge in [-0.25, -0.2) is 0 Å². The number of carbonyl (C=O) groups excluding carboxylic acids is 2. The monoisotopic (exact) mass is 409 g/mol. The zero-order chi connectivity index (χ0) is 19.5. The third-order valence-electron chi connectivity index (χ3n) is 4.10. The van der Waals surface area contributed by atoms with Crippen LogP contribution in [0, 0.1) is 6.92 Å². The normalized spacial score (nSPS) is 10.9. The summed E-state index contributed by atoms with van der Waals surface area (Å²) in [5.41, 5.74) is 2.10. The number of aryl methyl sites for hydroxylation is 1. The lowest BCUT2D eigenvalue weighted by Crippen LogP contribution is -2.11. The van der Waals surface area contributed by atoms with E-state index >= 15 is 0 Å². The summed E-state index contributed by atoms with van der Waals surface area (Å²) in [6.07, 6.45) is 0. The molecule has 0 aliphatic heterocycles. The highest BCUT2D eigenvalue weighted by Crippen LogP contribution is 2.28. The van der Waals surface area contributed by atoms with Crippen LogP contribution in [0.15, 0.2) is 63.4 Å². The second-order valence-corrected chi connectivity index (χ2v) is 8.16. The van der Waals surface area contributed by atoms with E-state index in [0.29, 0.717) is 20.6 Å². The topological polar surface area (TPSA) is 85.1 Å². The van der Waals surface area contributed by atoms with E-state index in [9.17, 15) is 9.59 Å². The number of carbonyl (C=O) groups is 2. The molecule has 0 bridgehead atoms. The number of furan rings is 1. The molecular weight excluding hydrogens is 394 g/mol. The van der Waals surface area contributed by atoms with E-state index in [0.717, 1.165) is 10.9 Å². The van der Waals surface area contributed by atoms with Crippen LogP contribution in [0.25, 0.3) is 11.0 Å². The largest absolute Gasteiger partial charge is 0.451 e. The number of fused-ring (bicyclic) bond motifs is 1. The molecule has 0 unspecified atom stereocenters. The maximum absolute atomic E-state index is 12.5. The van der Waals surface area contributed by atoms with E-state index in [1.165, 1.54) is 23.1 Å². The number of Topliss-reactive ketones (excluding diaryl/α,β-unsaturated/α-hetero) is 1. The molecule has 0 saturated carbocycles. The molecule has 0 saturated heterocycles. The number of benzene rings is 2. The molecule has 0 atom stereocenters. The number of hydrogen-bond donors (Lipinski definition) is 1. The van der Waals surface area contributed by atoms with Gasteiger partial charge in [0.1, 0.15) is 5.58 Å². The molecule has 8 heteroatoms. The van der Waals surface area contributed by atoms with Crippen LogP contribution in [0.3, 0.4) is 0 Å². The number of anilines is 1. The lowest BCUT2D eigenvalue weighted by molar-refractivity contribution is 0.0995. The van der Waals surface area contributed by atoms with Gasteiger partial charge in [0.05, 0.1) is 5.75 Å². The average Bonchev–Trinajstić information content (AvgIpc) is 3.31. The molecule has 140 valence electrons. The number of aromatic nitrogens is 2. The molecule has 6 nitrogen and oxygen atoms in total. The van der Waals surface area contributed by atoms with Crippen molar-refractivity contribution in [2.45, 2.75) is 11.3 Å². The Morgan fingerprint density at radius 3 is 2.61 bits per heavy atom. The first-order valence-electron chi connectivity index (χ1n) is 8.46. The van der Waals surface area contributed by atoms with E-state index in [2.05, 4.69) is 15.5 Å². The van der Waals surface area contributed by atoms with Crippen molar-refractivity contribution in [2.75, 3.05) is 11.1 Å². The molecule has 1 amide bonds. The Labute approximate surface area is 169 Å². The first-order chi connectivity index (χ1) is 13.6. The van der Waals surface area contributed by atoms with Gasteiger partial charge in [0, 0.05) is 16.5 Å². The SMILES string of the molecule is Cc1c(C(=O)Nc2nnc(SCC(=O)c3ccccc3)s2)oc2ccccc12. The average molecular weight is 409 g/mol. The van der Waals surface area contributed by atoms with Gasteiger partial charge in [-0.05, 0) is 13.0 Å². The Hall–Kier alpha value is -2.97. The Bertz CT molecular complexity index is 1150. The van der Waals surface area contributed by atoms with E-state index in [1.807, 2.05) is 49.4 Å². The zero-order valence-corrected chi connectivity index (χ0v) is 16.5. The summed E-state index contributed by atoms with van der Waals surface area (Å²) in [6, 6.07) is 16.6. The summed E-state index contributed by atoms with van der Waals surface area (Å²) in [4.78, 5) is 24.7. The summed E-state index contributed by atoms with van der Waals surface area (Å²) >= 11 is 2.52. The van der Waals surface area contributed by atoms with Crippen molar-refractivity contribution in [1.29, 1.82) is 0 Å². The van der Waals surface area contributed by atoms with Crippen LogP contribution in [-0.4, -0.2) is 27.6 Å². The van der Waals surface area contributed by atoms with Crippen LogP contribution in [0.2, 0.25) is 0 Å². The molecule has 28 heavy (non-hydrogen) atoms. The molecule has 1 N–H and O–H groups in total. The number of nitrogens with zero attached hydrogens (tertiary/aromatic N) is 2. The standard InChI is InChI=1S/C20H15N3O3S2/c1-12-14-9-5-6-10-16(14)26-17(12)18(25)21-19-22-23-20(28-19)27-11-15(24)13-7-3-2-4-8-13/h2-10H,11H2,1H3,(H,21,22,25). The number of ketones is 1. The third kappa shape index (κ3) is 3.83. The minimum atomic E-state index is -0.373. The number of nitrogens with one attached hydrogen (secondary N) is 1. The molecular formula is C20H15N3O3S2. The molecule has 0 aliphatic carbocycles. The zero-order valence-electron chi connectivity index (χ0n) is 14.8. The second-order valence-electron chi connectivity index (χ2n) is 5.96. The van der Waals surface area contributed by atoms with Crippen LogP contribution in [0.5, 0.6) is 0 Å². The molecule has 0 radical (unpaired) electrons. The highest BCUT2D eigenvalue weighted by atomic mass is 32.2. The first-order valence-corrected chi connectivity index (χ1v) is 10.3. The van der Waals surface area contributed by atoms with Gasteiger partial charge in [-0.2, -0.15) is 0 Å². The molecule has 2 aromatic heterocycles. The van der Waals surface area contributed by atoms with Crippen molar-refractivity contribution < 1.29 is 14.0 Å². The van der Waals surface area contributed by atoms with E-state index in [4.69, 9.17) is 4.42 Å². The fourth-order valence-corrected chi connectivity index (χ4v) is 4.34. The van der Waals surface area contributed by atoms with Crippen molar-refractivity contribution in [2.24, 2.45) is 0 Å². The molecule has 2 heterocycles. The van der Waals surface area contributed by atoms with Crippen LogP contribution in [0.1, 0.15) is 26.5 Å². The minimum absolute atomic E-state index is 0.0179. The summed E-state index contributed by atoms with van der Waals surface area (Å²) in [6.45, 7) is 1.84. The van der Waals surface area contributed by atoms with Crippen molar-refractivity contribution in [3.05, 3.63) is 71.5 Å². The molecule has 0 fully saturated rings. The highest BCUT2D eigenvalue weighted by Gasteiger charge is 2.19. The summed E-state index contributed by atoms with van der Waals surface area (Å²) < 4.78 is 6.27. The van der Waals surface area contributed by atoms with Crippen molar-refractivity contribution in [3.63, 3.8) is 0 Å². The first kappa shape index (κ1) is 18.4. The van der Waals surface area contributed by atoms with Gasteiger partial charge in [0.2, 0.25) is 5.13 Å². The van der Waals surface area contributed by atoms with Gasteiger partial charge in [-0.3, -0.25) is 14.9 Å². The van der Waals surface area contributed by atoms with Crippen LogP contribution in [0.4, 0.5) is 5.13 Å². The van der Waals surface area contributed by atoms with Crippen molar-refractivity contribution in [3.8, 4) is 0 Å². The maximum Gasteiger partial charge on any atom is 0.293 e. The maximum atomic E-state index is 12.5. The highest BCUT2D eigenvalue weighted by molar-refractivity contribution is 8.01. The number of thioether (sulfide) groups is 1. The fraction of sp³-hybridized carbons (Fsp3) is 0.100. The Kier molecular flexibility index (Phi) is 5.23. The van der Waals surface area contributed by atoms with Crippen LogP contribution >= 0.6 is 23.1 Å². The molecule has 0 spiro atoms. The molecule has 0 aliphatic rings. The van der Waals surface area contributed by atoms with Gasteiger partial charge < -0.3 is 4.42 Å². The molecule has 2 aromatic carbocycles. The molecule has 4 rings (SSSR count). The predicted octanol–water partition coefficient (Wildman–Crippen LogP) is 4.82. The Morgan fingerprint density at radius 2 is 1.82 bits per heavy atom. The second kappa shape index (κ2) is 7.95. The minimum Gasteiger partial charge on any atom is -0.451 e. The number of rotatable bonds is 6. The predicted molar refractivity (Wildman–Crippen MR) is 110 cm³/mol. The number of hydrogen-bond acceptors (Lipinski definition) is 7. The number of para-hydroxylation sites is 1. The number of amides is 1. The van der Waals surface area contributed by atoms with Gasteiger partial charge in [0.25, 0.3) is 5.91 Å². The summed E-state index contributed by atoms with van der Waals surface area (Å²) in [7, 11) is 0. The van der Waals surface area contributed by atoms with Gasteiger partial charge in [-0.1, -0.05) is 71.6 Å². The van der Waals surface area contributed by atoms with Gasteiger partial charge in [-0.15, -0.1) is 10.2 Å². The van der Waals surface area contributed by atoms with Crippen LogP contribution in [-0.2, 0) is 0 Å². The smallest absolute Gasteiger partial charge is 0.293 e. The summed E-state index contributed by atoms with van der Waals surface area (Å²) in [5, 5.41) is 12.0. The van der Waals surface area contributed by atoms with Gasteiger partial charge in [0.15, 0.2) is 15.9 Å². The lowest BCUT2D eigenvalue weighted by Gasteiger charge is -1.99. The van der Waals surface area contributed by atoms with Gasteiger partial charge >= 0.3 is 0 Å².